The van der Waals surface area contributed by atoms with Crippen molar-refractivity contribution in [2.24, 2.45) is 0 Å². The highest BCUT2D eigenvalue weighted by Crippen LogP contribution is 2.40. The summed E-state index contributed by atoms with van der Waals surface area (Å²) in [6.45, 7) is 2.65. The van der Waals surface area contributed by atoms with Crippen molar-refractivity contribution in [3.63, 3.8) is 0 Å². The summed E-state index contributed by atoms with van der Waals surface area (Å²) in [5.41, 5.74) is 3.73. The largest absolute Gasteiger partial charge is 0.467 e. The smallest absolute Gasteiger partial charge is 0.210 e. The Hall–Kier alpha value is -2.86. The van der Waals surface area contributed by atoms with Crippen molar-refractivity contribution in [2.75, 3.05) is 0 Å². The third kappa shape index (κ3) is 3.55. The highest BCUT2D eigenvalue weighted by molar-refractivity contribution is 7.99. The highest BCUT2D eigenvalue weighted by atomic mass is 32.2. The predicted molar refractivity (Wildman–Crippen MR) is 101 cm³/mol. The van der Waals surface area contributed by atoms with Gasteiger partial charge in [0.1, 0.15) is 12.3 Å². The summed E-state index contributed by atoms with van der Waals surface area (Å²) in [6.07, 6.45) is 1.66. The molecule has 0 aliphatic heterocycles. The van der Waals surface area contributed by atoms with Crippen LogP contribution in [0.5, 0.6) is 0 Å². The van der Waals surface area contributed by atoms with Gasteiger partial charge in [-0.2, -0.15) is 0 Å². The Morgan fingerprint density at radius 2 is 1.81 bits per heavy atom. The quantitative estimate of drug-likeness (QED) is 0.473. The number of hydrogen-bond acceptors (Lipinski definition) is 5. The van der Waals surface area contributed by atoms with E-state index in [0.717, 1.165) is 10.9 Å². The topological polar surface area (TPSA) is 56.7 Å². The average Bonchev–Trinajstić information content (AvgIpc) is 3.34. The molecule has 0 amide bonds. The van der Waals surface area contributed by atoms with E-state index in [1.165, 1.54) is 16.7 Å². The van der Waals surface area contributed by atoms with Crippen LogP contribution >= 0.6 is 11.8 Å². The zero-order chi connectivity index (χ0) is 17.8. The molecule has 4 rings (SSSR count). The van der Waals surface area contributed by atoms with E-state index in [1.54, 1.807) is 22.7 Å². The van der Waals surface area contributed by atoms with Gasteiger partial charge in [-0.05, 0) is 46.2 Å². The SMILES string of the molecule is Cc1ccccc1C(Sc1nnnn1Cc1ccco1)c1ccccc1. The summed E-state index contributed by atoms with van der Waals surface area (Å²) in [5.74, 6) is 0.825. The summed E-state index contributed by atoms with van der Waals surface area (Å²) in [6, 6.07) is 22.7. The molecule has 0 saturated carbocycles. The van der Waals surface area contributed by atoms with Crippen LogP contribution in [-0.4, -0.2) is 20.2 Å². The Morgan fingerprint density at radius 1 is 1.00 bits per heavy atom. The Labute approximate surface area is 156 Å². The van der Waals surface area contributed by atoms with Crippen LogP contribution in [-0.2, 0) is 6.54 Å². The molecule has 4 aromatic rings. The Kier molecular flexibility index (Phi) is 4.84. The molecule has 0 radical (unpaired) electrons. The molecule has 0 spiro atoms. The van der Waals surface area contributed by atoms with E-state index < -0.39 is 0 Å². The lowest BCUT2D eigenvalue weighted by Crippen LogP contribution is -2.06. The van der Waals surface area contributed by atoms with Gasteiger partial charge in [-0.3, -0.25) is 0 Å². The number of aryl methyl sites for hydroxylation is 1. The lowest BCUT2D eigenvalue weighted by Gasteiger charge is -2.19. The first kappa shape index (κ1) is 16.6. The van der Waals surface area contributed by atoms with Crippen molar-refractivity contribution in [2.45, 2.75) is 23.9 Å². The van der Waals surface area contributed by atoms with Gasteiger partial charge >= 0.3 is 0 Å². The summed E-state index contributed by atoms with van der Waals surface area (Å²) >= 11 is 1.65. The molecule has 0 fully saturated rings. The molecule has 0 bridgehead atoms. The maximum Gasteiger partial charge on any atom is 0.210 e. The van der Waals surface area contributed by atoms with Gasteiger partial charge in [0.2, 0.25) is 5.16 Å². The molecular formula is C20H18N4OS. The predicted octanol–water partition coefficient (Wildman–Crippen LogP) is 4.50. The first-order valence-corrected chi connectivity index (χ1v) is 9.25. The first-order valence-electron chi connectivity index (χ1n) is 8.37. The van der Waals surface area contributed by atoms with E-state index in [0.29, 0.717) is 6.54 Å². The van der Waals surface area contributed by atoms with Crippen molar-refractivity contribution >= 4 is 11.8 Å². The molecule has 0 aliphatic rings. The van der Waals surface area contributed by atoms with Gasteiger partial charge in [0.05, 0.1) is 11.5 Å². The fourth-order valence-electron chi connectivity index (χ4n) is 2.86. The number of benzene rings is 2. The van der Waals surface area contributed by atoms with Gasteiger partial charge in [0, 0.05) is 0 Å². The first-order chi connectivity index (χ1) is 12.8. The second kappa shape index (κ2) is 7.58. The molecule has 2 heterocycles. The molecule has 5 nitrogen and oxygen atoms in total. The Morgan fingerprint density at radius 3 is 2.58 bits per heavy atom. The van der Waals surface area contributed by atoms with Crippen molar-refractivity contribution in [1.29, 1.82) is 0 Å². The normalized spacial score (nSPS) is 12.2. The minimum atomic E-state index is 0.110. The molecule has 1 atom stereocenters. The minimum absolute atomic E-state index is 0.110. The average molecular weight is 362 g/mol. The molecule has 0 aliphatic carbocycles. The van der Waals surface area contributed by atoms with Crippen LogP contribution in [0, 0.1) is 6.92 Å². The number of nitrogens with zero attached hydrogens (tertiary/aromatic N) is 4. The lowest BCUT2D eigenvalue weighted by atomic mass is 10.0. The third-order valence-corrected chi connectivity index (χ3v) is 5.45. The van der Waals surface area contributed by atoms with Crippen LogP contribution in [0.1, 0.15) is 27.7 Å². The Balaban J connectivity index is 1.68. The molecule has 130 valence electrons. The van der Waals surface area contributed by atoms with Gasteiger partial charge in [-0.1, -0.05) is 66.4 Å². The summed E-state index contributed by atoms with van der Waals surface area (Å²) < 4.78 is 7.21. The number of thioether (sulfide) groups is 1. The number of tetrazole rings is 1. The molecule has 1 unspecified atom stereocenters. The fourth-order valence-corrected chi connectivity index (χ4v) is 4.06. The van der Waals surface area contributed by atoms with E-state index in [9.17, 15) is 0 Å². The maximum absolute atomic E-state index is 5.43. The van der Waals surface area contributed by atoms with E-state index in [4.69, 9.17) is 4.42 Å². The zero-order valence-electron chi connectivity index (χ0n) is 14.3. The fraction of sp³-hybridized carbons (Fsp3) is 0.150. The molecule has 0 saturated heterocycles. The van der Waals surface area contributed by atoms with Crippen molar-refractivity contribution in [3.8, 4) is 0 Å². The van der Waals surface area contributed by atoms with Crippen molar-refractivity contribution < 1.29 is 4.42 Å². The molecule has 0 N–H and O–H groups in total. The summed E-state index contributed by atoms with van der Waals surface area (Å²) in [5, 5.41) is 13.1. The van der Waals surface area contributed by atoms with Crippen LogP contribution in [0.3, 0.4) is 0 Å². The molecule has 2 aromatic carbocycles. The van der Waals surface area contributed by atoms with Gasteiger partial charge in [-0.25, -0.2) is 4.68 Å². The van der Waals surface area contributed by atoms with E-state index in [-0.39, 0.29) is 5.25 Å². The molecule has 2 aromatic heterocycles. The summed E-state index contributed by atoms with van der Waals surface area (Å²) in [7, 11) is 0. The van der Waals surface area contributed by atoms with Gasteiger partial charge in [0.15, 0.2) is 0 Å². The third-order valence-electron chi connectivity index (χ3n) is 4.18. The molecule has 6 heteroatoms. The lowest BCUT2D eigenvalue weighted by molar-refractivity contribution is 0.462. The molecular weight excluding hydrogens is 344 g/mol. The van der Waals surface area contributed by atoms with Crippen LogP contribution in [0.15, 0.2) is 82.6 Å². The summed E-state index contributed by atoms with van der Waals surface area (Å²) in [4.78, 5) is 0. The standard InChI is InChI=1S/C20H18N4OS/c1-15-8-5-6-12-18(15)19(16-9-3-2-4-10-16)26-20-21-22-23-24(20)14-17-11-7-13-25-17/h2-13,19H,14H2,1H3. The maximum atomic E-state index is 5.43. The number of furan rings is 1. The van der Waals surface area contributed by atoms with Crippen LogP contribution in [0.25, 0.3) is 0 Å². The van der Waals surface area contributed by atoms with E-state index in [1.807, 2.05) is 18.2 Å². The zero-order valence-corrected chi connectivity index (χ0v) is 15.1. The van der Waals surface area contributed by atoms with Gasteiger partial charge < -0.3 is 4.42 Å². The van der Waals surface area contributed by atoms with Gasteiger partial charge in [-0.15, -0.1) is 5.10 Å². The minimum Gasteiger partial charge on any atom is -0.467 e. The van der Waals surface area contributed by atoms with E-state index >= 15 is 0 Å². The highest BCUT2D eigenvalue weighted by Gasteiger charge is 2.21. The van der Waals surface area contributed by atoms with Gasteiger partial charge in [0.25, 0.3) is 0 Å². The van der Waals surface area contributed by atoms with Crippen molar-refractivity contribution in [3.05, 3.63) is 95.4 Å². The second-order valence-corrected chi connectivity index (χ2v) is 7.04. The number of aromatic nitrogens is 4. The van der Waals surface area contributed by atoms with Crippen LogP contribution in [0.4, 0.5) is 0 Å². The monoisotopic (exact) mass is 362 g/mol. The number of hydrogen-bond donors (Lipinski definition) is 0. The van der Waals surface area contributed by atoms with Crippen LogP contribution in [0.2, 0.25) is 0 Å². The molecule has 26 heavy (non-hydrogen) atoms. The Bertz CT molecular complexity index is 966. The second-order valence-electron chi connectivity index (χ2n) is 5.96. The van der Waals surface area contributed by atoms with Crippen LogP contribution < -0.4 is 0 Å². The number of rotatable bonds is 6. The van der Waals surface area contributed by atoms with E-state index in [2.05, 4.69) is 71.0 Å². The van der Waals surface area contributed by atoms with Crippen molar-refractivity contribution in [1.82, 2.24) is 20.2 Å².